The molecular weight excluding hydrogens is 366 g/mol. The van der Waals surface area contributed by atoms with Gasteiger partial charge < -0.3 is 9.80 Å². The van der Waals surface area contributed by atoms with Crippen molar-refractivity contribution >= 4 is 23.4 Å². The van der Waals surface area contributed by atoms with Gasteiger partial charge in [-0.2, -0.15) is 0 Å². The fraction of sp³-hybridized carbons (Fsp3) is 0.348. The molecule has 2 fully saturated rings. The van der Waals surface area contributed by atoms with Crippen LogP contribution < -0.4 is 4.90 Å². The second-order valence-corrected chi connectivity index (χ2v) is 7.91. The smallest absolute Gasteiger partial charge is 0.254 e. The molecule has 2 atom stereocenters. The zero-order chi connectivity index (χ0) is 20.5. The van der Waals surface area contributed by atoms with Crippen LogP contribution in [0.1, 0.15) is 35.3 Å². The number of amides is 3. The molecule has 150 valence electrons. The molecule has 2 aromatic rings. The van der Waals surface area contributed by atoms with Crippen molar-refractivity contribution in [3.8, 4) is 0 Å². The van der Waals surface area contributed by atoms with E-state index in [9.17, 15) is 14.4 Å². The fourth-order valence-electron chi connectivity index (χ4n) is 4.12. The minimum Gasteiger partial charge on any atom is -0.329 e. The molecule has 6 nitrogen and oxygen atoms in total. The summed E-state index contributed by atoms with van der Waals surface area (Å²) in [6.07, 6.45) is 0.214. The van der Waals surface area contributed by atoms with Gasteiger partial charge in [0, 0.05) is 37.5 Å². The van der Waals surface area contributed by atoms with E-state index in [0.29, 0.717) is 17.8 Å². The Morgan fingerprint density at radius 1 is 1.00 bits per heavy atom. The first-order valence-electron chi connectivity index (χ1n) is 9.97. The van der Waals surface area contributed by atoms with Gasteiger partial charge in [-0.25, -0.2) is 0 Å². The topological polar surface area (TPSA) is 60.9 Å². The largest absolute Gasteiger partial charge is 0.329 e. The Bertz CT molecular complexity index is 943. The van der Waals surface area contributed by atoms with E-state index < -0.39 is 0 Å². The van der Waals surface area contributed by atoms with Crippen LogP contribution in [0, 0.1) is 5.92 Å². The molecular formula is C23H25N3O3. The molecule has 0 N–H and O–H groups in total. The highest BCUT2D eigenvalue weighted by Gasteiger charge is 2.37. The minimum atomic E-state index is -0.318. The van der Waals surface area contributed by atoms with Gasteiger partial charge in [-0.05, 0) is 30.8 Å². The van der Waals surface area contributed by atoms with E-state index in [2.05, 4.69) is 11.9 Å². The van der Waals surface area contributed by atoms with Gasteiger partial charge >= 0.3 is 0 Å². The molecule has 0 aromatic heterocycles. The van der Waals surface area contributed by atoms with Crippen molar-refractivity contribution in [3.63, 3.8) is 0 Å². The van der Waals surface area contributed by atoms with Gasteiger partial charge in [-0.1, -0.05) is 43.3 Å². The van der Waals surface area contributed by atoms with Crippen LogP contribution >= 0.6 is 0 Å². The van der Waals surface area contributed by atoms with Gasteiger partial charge in [-0.3, -0.25) is 19.3 Å². The summed E-state index contributed by atoms with van der Waals surface area (Å²) in [5.41, 5.74) is 2.07. The number of nitrogens with zero attached hydrogens (tertiary/aromatic N) is 3. The molecule has 4 rings (SSSR count). The van der Waals surface area contributed by atoms with E-state index in [-0.39, 0.29) is 36.1 Å². The summed E-state index contributed by atoms with van der Waals surface area (Å²) in [6.45, 7) is 3.94. The Balaban J connectivity index is 1.63. The highest BCUT2D eigenvalue weighted by Crippen LogP contribution is 2.30. The maximum absolute atomic E-state index is 13.4. The van der Waals surface area contributed by atoms with Gasteiger partial charge in [0.15, 0.2) is 0 Å². The lowest BCUT2D eigenvalue weighted by molar-refractivity contribution is -0.122. The number of carbonyl (C=O) groups excluding carboxylic acids is 3. The van der Waals surface area contributed by atoms with Crippen molar-refractivity contribution in [1.82, 2.24) is 9.80 Å². The lowest BCUT2D eigenvalue weighted by atomic mass is 10.0. The molecule has 2 aliphatic rings. The molecule has 0 unspecified atom stereocenters. The number of rotatable bonds is 3. The number of hydrogen-bond acceptors (Lipinski definition) is 4. The number of anilines is 1. The molecule has 2 heterocycles. The standard InChI is InChI=1S/C23H25N3O3/c1-16-13-21(27)26(22(16)28)19-10-6-9-18(14-19)23(29)25-12-11-24(2)15-20(25)17-7-4-3-5-8-17/h3-10,14,16,20H,11-13,15H2,1-2H3/t16-,20-/m1/s1. The highest BCUT2D eigenvalue weighted by atomic mass is 16.2. The molecule has 0 radical (unpaired) electrons. The van der Waals surface area contributed by atoms with Crippen molar-refractivity contribution < 1.29 is 14.4 Å². The third-order valence-electron chi connectivity index (χ3n) is 5.75. The first-order chi connectivity index (χ1) is 14.0. The van der Waals surface area contributed by atoms with Crippen molar-refractivity contribution in [2.45, 2.75) is 19.4 Å². The molecule has 2 aromatic carbocycles. The molecule has 2 aliphatic heterocycles. The van der Waals surface area contributed by atoms with Gasteiger partial charge in [0.2, 0.25) is 11.8 Å². The van der Waals surface area contributed by atoms with E-state index >= 15 is 0 Å². The molecule has 0 spiro atoms. The van der Waals surface area contributed by atoms with Gasteiger partial charge in [-0.15, -0.1) is 0 Å². The Hall–Kier alpha value is -2.99. The zero-order valence-corrected chi connectivity index (χ0v) is 16.7. The molecule has 2 saturated heterocycles. The van der Waals surface area contributed by atoms with Gasteiger partial charge in [0.05, 0.1) is 11.7 Å². The molecule has 3 amide bonds. The summed E-state index contributed by atoms with van der Waals surface area (Å²) in [4.78, 5) is 43.4. The SMILES string of the molecule is C[C@@H]1CC(=O)N(c2cccc(C(=O)N3CCN(C)C[C@@H]3c3ccccc3)c2)C1=O. The average molecular weight is 391 g/mol. The predicted octanol–water partition coefficient (Wildman–Crippen LogP) is 2.71. The van der Waals surface area contributed by atoms with Crippen molar-refractivity contribution in [2.75, 3.05) is 31.6 Å². The van der Waals surface area contributed by atoms with Crippen LogP contribution in [0.5, 0.6) is 0 Å². The second kappa shape index (κ2) is 7.79. The Kier molecular flexibility index (Phi) is 5.20. The maximum Gasteiger partial charge on any atom is 0.254 e. The Morgan fingerprint density at radius 3 is 2.45 bits per heavy atom. The first-order valence-corrected chi connectivity index (χ1v) is 9.97. The van der Waals surface area contributed by atoms with Crippen LogP contribution in [0.4, 0.5) is 5.69 Å². The molecule has 29 heavy (non-hydrogen) atoms. The Labute approximate surface area is 170 Å². The summed E-state index contributed by atoms with van der Waals surface area (Å²) < 4.78 is 0. The van der Waals surface area contributed by atoms with Gasteiger partial charge in [0.1, 0.15) is 0 Å². The summed E-state index contributed by atoms with van der Waals surface area (Å²) in [7, 11) is 2.06. The Morgan fingerprint density at radius 2 is 1.76 bits per heavy atom. The summed E-state index contributed by atoms with van der Waals surface area (Å²) in [5, 5.41) is 0. The third kappa shape index (κ3) is 3.68. The van der Waals surface area contributed by atoms with E-state index in [1.54, 1.807) is 31.2 Å². The molecule has 0 bridgehead atoms. The van der Waals surface area contributed by atoms with E-state index in [1.807, 2.05) is 35.2 Å². The summed E-state index contributed by atoms with van der Waals surface area (Å²) in [5.74, 6) is -0.821. The van der Waals surface area contributed by atoms with Crippen molar-refractivity contribution in [2.24, 2.45) is 5.92 Å². The number of likely N-dealkylation sites (N-methyl/N-ethyl adjacent to an activating group) is 1. The summed E-state index contributed by atoms with van der Waals surface area (Å²) >= 11 is 0. The van der Waals surface area contributed by atoms with Crippen LogP contribution in [0.15, 0.2) is 54.6 Å². The zero-order valence-electron chi connectivity index (χ0n) is 16.7. The monoisotopic (exact) mass is 391 g/mol. The number of benzene rings is 2. The van der Waals surface area contributed by atoms with Crippen molar-refractivity contribution in [3.05, 3.63) is 65.7 Å². The van der Waals surface area contributed by atoms with Crippen LogP contribution in [0.3, 0.4) is 0 Å². The van der Waals surface area contributed by atoms with Crippen LogP contribution in [0.2, 0.25) is 0 Å². The van der Waals surface area contributed by atoms with Crippen molar-refractivity contribution in [1.29, 1.82) is 0 Å². The second-order valence-electron chi connectivity index (χ2n) is 7.91. The van der Waals surface area contributed by atoms with Crippen LogP contribution in [0.25, 0.3) is 0 Å². The van der Waals surface area contributed by atoms with E-state index in [1.165, 1.54) is 4.90 Å². The minimum absolute atomic E-state index is 0.0406. The lowest BCUT2D eigenvalue weighted by Gasteiger charge is -2.40. The number of piperazine rings is 1. The lowest BCUT2D eigenvalue weighted by Crippen LogP contribution is -2.49. The first kappa shape index (κ1) is 19.3. The molecule has 6 heteroatoms. The number of hydrogen-bond donors (Lipinski definition) is 0. The normalized spacial score (nSPS) is 23.0. The van der Waals surface area contributed by atoms with E-state index in [0.717, 1.165) is 18.7 Å². The van der Waals surface area contributed by atoms with Crippen LogP contribution in [-0.4, -0.2) is 54.2 Å². The predicted molar refractivity (Wildman–Crippen MR) is 110 cm³/mol. The van der Waals surface area contributed by atoms with Crippen LogP contribution in [-0.2, 0) is 9.59 Å². The highest BCUT2D eigenvalue weighted by molar-refractivity contribution is 6.21. The quantitative estimate of drug-likeness (QED) is 0.755. The number of imide groups is 1. The van der Waals surface area contributed by atoms with Gasteiger partial charge in [0.25, 0.3) is 5.91 Å². The molecule has 0 saturated carbocycles. The van der Waals surface area contributed by atoms with E-state index in [4.69, 9.17) is 0 Å². The molecule has 0 aliphatic carbocycles. The average Bonchev–Trinajstić information content (AvgIpc) is 2.99. The summed E-state index contributed by atoms with van der Waals surface area (Å²) in [6, 6.07) is 16.9. The number of carbonyl (C=O) groups is 3. The fourth-order valence-corrected chi connectivity index (χ4v) is 4.12. The maximum atomic E-state index is 13.4. The third-order valence-corrected chi connectivity index (χ3v) is 5.75.